The van der Waals surface area contributed by atoms with Crippen LogP contribution in [0.5, 0.6) is 0 Å². The van der Waals surface area contributed by atoms with Gasteiger partial charge >= 0.3 is 0 Å². The molecule has 0 spiro atoms. The minimum absolute atomic E-state index is 0.207. The van der Waals surface area contributed by atoms with Crippen molar-refractivity contribution < 1.29 is 4.79 Å². The molecule has 0 aromatic rings. The van der Waals surface area contributed by atoms with Crippen LogP contribution in [0.2, 0.25) is 0 Å². The van der Waals surface area contributed by atoms with Crippen molar-refractivity contribution >= 4 is 5.91 Å². The maximum atomic E-state index is 11.5. The van der Waals surface area contributed by atoms with Crippen LogP contribution in [0, 0.1) is 11.8 Å². The highest BCUT2D eigenvalue weighted by atomic mass is 16.1. The van der Waals surface area contributed by atoms with E-state index in [0.717, 1.165) is 19.0 Å². The summed E-state index contributed by atoms with van der Waals surface area (Å²) in [5, 5.41) is 6.45. The molecule has 0 saturated heterocycles. The largest absolute Gasteiger partial charge is 0.353 e. The molecule has 18 heavy (non-hydrogen) atoms. The van der Waals surface area contributed by atoms with Gasteiger partial charge in [-0.1, -0.05) is 18.6 Å². The molecule has 0 bridgehead atoms. The molecule has 3 nitrogen and oxygen atoms in total. The quantitative estimate of drug-likeness (QED) is 0.561. The fourth-order valence-corrected chi connectivity index (χ4v) is 2.88. The first-order valence-electron chi connectivity index (χ1n) is 7.31. The van der Waals surface area contributed by atoms with Crippen LogP contribution < -0.4 is 10.6 Å². The second-order valence-corrected chi connectivity index (χ2v) is 6.09. The van der Waals surface area contributed by atoms with E-state index in [1.165, 1.54) is 31.3 Å². The Hall–Kier alpha value is -0.830. The molecule has 2 atom stereocenters. The molecule has 2 rings (SSSR count). The lowest BCUT2D eigenvalue weighted by Crippen LogP contribution is -2.32. The fourth-order valence-electron chi connectivity index (χ4n) is 2.88. The Bertz CT molecular complexity index is 320. The molecule has 102 valence electrons. The van der Waals surface area contributed by atoms with E-state index in [9.17, 15) is 4.79 Å². The summed E-state index contributed by atoms with van der Waals surface area (Å²) in [5.74, 6) is 1.67. The van der Waals surface area contributed by atoms with Gasteiger partial charge in [0, 0.05) is 19.0 Å². The Balaban J connectivity index is 1.55. The maximum absolute atomic E-state index is 11.5. The average molecular weight is 250 g/mol. The van der Waals surface area contributed by atoms with Gasteiger partial charge in [-0.25, -0.2) is 0 Å². The van der Waals surface area contributed by atoms with Crippen LogP contribution in [-0.4, -0.2) is 25.0 Å². The van der Waals surface area contributed by atoms with Gasteiger partial charge in [-0.05, 0) is 51.0 Å². The lowest BCUT2D eigenvalue weighted by atomic mass is 9.84. The standard InChI is InChI=1S/C15H26N2O/c1-11-7-12(2)9-13(8-11)10-16-6-5-15(18)17-14-3-4-14/h7,11,13-14,16H,3-6,8-10H2,1-2H3,(H,17,18). The molecule has 1 saturated carbocycles. The highest BCUT2D eigenvalue weighted by Crippen LogP contribution is 2.27. The van der Waals surface area contributed by atoms with Gasteiger partial charge in [-0.2, -0.15) is 0 Å². The van der Waals surface area contributed by atoms with Crippen molar-refractivity contribution in [3.8, 4) is 0 Å². The van der Waals surface area contributed by atoms with E-state index in [0.29, 0.717) is 18.4 Å². The van der Waals surface area contributed by atoms with Gasteiger partial charge in [0.25, 0.3) is 0 Å². The SMILES string of the molecule is CC1=CC(C)CC(CNCCC(=O)NC2CC2)C1. The zero-order valence-corrected chi connectivity index (χ0v) is 11.7. The zero-order valence-electron chi connectivity index (χ0n) is 11.7. The van der Waals surface area contributed by atoms with E-state index < -0.39 is 0 Å². The van der Waals surface area contributed by atoms with Gasteiger partial charge in [0.2, 0.25) is 5.91 Å². The summed E-state index contributed by atoms with van der Waals surface area (Å²) in [6.45, 7) is 6.38. The van der Waals surface area contributed by atoms with E-state index in [1.54, 1.807) is 0 Å². The van der Waals surface area contributed by atoms with Crippen LogP contribution in [0.1, 0.15) is 46.0 Å². The van der Waals surface area contributed by atoms with E-state index in [-0.39, 0.29) is 5.91 Å². The topological polar surface area (TPSA) is 41.1 Å². The third kappa shape index (κ3) is 4.81. The van der Waals surface area contributed by atoms with Crippen LogP contribution in [0.4, 0.5) is 0 Å². The van der Waals surface area contributed by atoms with Crippen molar-refractivity contribution in [2.24, 2.45) is 11.8 Å². The minimum Gasteiger partial charge on any atom is -0.353 e. The van der Waals surface area contributed by atoms with Gasteiger partial charge in [0.15, 0.2) is 0 Å². The Kier molecular flexibility index (Phi) is 4.81. The number of allylic oxidation sites excluding steroid dienone is 2. The first-order chi connectivity index (χ1) is 8.63. The van der Waals surface area contributed by atoms with Crippen molar-refractivity contribution in [2.75, 3.05) is 13.1 Å². The normalized spacial score (nSPS) is 27.8. The predicted molar refractivity (Wildman–Crippen MR) is 74.3 cm³/mol. The minimum atomic E-state index is 0.207. The Morgan fingerprint density at radius 3 is 2.89 bits per heavy atom. The van der Waals surface area contributed by atoms with Gasteiger partial charge in [0.05, 0.1) is 0 Å². The van der Waals surface area contributed by atoms with Gasteiger partial charge in [-0.15, -0.1) is 0 Å². The highest BCUT2D eigenvalue weighted by molar-refractivity contribution is 5.76. The second kappa shape index (κ2) is 6.37. The molecule has 0 aromatic carbocycles. The van der Waals surface area contributed by atoms with Crippen molar-refractivity contribution in [2.45, 2.75) is 52.0 Å². The molecular weight excluding hydrogens is 224 g/mol. The van der Waals surface area contributed by atoms with Crippen molar-refractivity contribution in [1.82, 2.24) is 10.6 Å². The average Bonchev–Trinajstić information content (AvgIpc) is 3.07. The highest BCUT2D eigenvalue weighted by Gasteiger charge is 2.23. The molecular formula is C15H26N2O. The molecule has 0 heterocycles. The number of amides is 1. The molecule has 1 fully saturated rings. The van der Waals surface area contributed by atoms with E-state index in [1.807, 2.05) is 0 Å². The second-order valence-electron chi connectivity index (χ2n) is 6.09. The number of carbonyl (C=O) groups excluding carboxylic acids is 1. The molecule has 3 heteroatoms. The Morgan fingerprint density at radius 2 is 2.22 bits per heavy atom. The molecule has 2 aliphatic carbocycles. The number of rotatable bonds is 6. The lowest BCUT2D eigenvalue weighted by Gasteiger charge is -2.25. The Labute approximate surface area is 110 Å². The molecule has 1 amide bonds. The summed E-state index contributed by atoms with van der Waals surface area (Å²) in [6.07, 6.45) is 7.84. The van der Waals surface area contributed by atoms with Crippen molar-refractivity contribution in [3.05, 3.63) is 11.6 Å². The molecule has 0 radical (unpaired) electrons. The third-order valence-electron chi connectivity index (χ3n) is 3.79. The fraction of sp³-hybridized carbons (Fsp3) is 0.800. The van der Waals surface area contributed by atoms with Crippen molar-refractivity contribution in [3.63, 3.8) is 0 Å². The molecule has 2 unspecified atom stereocenters. The smallest absolute Gasteiger partial charge is 0.221 e. The van der Waals surface area contributed by atoms with Gasteiger partial charge in [0.1, 0.15) is 0 Å². The van der Waals surface area contributed by atoms with Crippen LogP contribution in [0.15, 0.2) is 11.6 Å². The summed E-state index contributed by atoms with van der Waals surface area (Å²) < 4.78 is 0. The van der Waals surface area contributed by atoms with Crippen LogP contribution in [-0.2, 0) is 4.79 Å². The lowest BCUT2D eigenvalue weighted by molar-refractivity contribution is -0.121. The maximum Gasteiger partial charge on any atom is 0.221 e. The van der Waals surface area contributed by atoms with E-state index in [2.05, 4.69) is 30.6 Å². The molecule has 0 aliphatic heterocycles. The molecule has 2 aliphatic rings. The number of hydrogen-bond donors (Lipinski definition) is 2. The zero-order chi connectivity index (χ0) is 13.0. The first kappa shape index (κ1) is 13.6. The number of hydrogen-bond acceptors (Lipinski definition) is 2. The van der Waals surface area contributed by atoms with Gasteiger partial charge < -0.3 is 10.6 Å². The monoisotopic (exact) mass is 250 g/mol. The summed E-state index contributed by atoms with van der Waals surface area (Å²) in [7, 11) is 0. The number of nitrogens with one attached hydrogen (secondary N) is 2. The Morgan fingerprint density at radius 1 is 1.44 bits per heavy atom. The van der Waals surface area contributed by atoms with Crippen LogP contribution >= 0.6 is 0 Å². The molecule has 2 N–H and O–H groups in total. The summed E-state index contributed by atoms with van der Waals surface area (Å²) >= 11 is 0. The number of carbonyl (C=O) groups is 1. The predicted octanol–water partition coefficient (Wildman–Crippen LogP) is 2.24. The van der Waals surface area contributed by atoms with Crippen LogP contribution in [0.25, 0.3) is 0 Å². The van der Waals surface area contributed by atoms with Crippen LogP contribution in [0.3, 0.4) is 0 Å². The van der Waals surface area contributed by atoms with E-state index in [4.69, 9.17) is 0 Å². The summed E-state index contributed by atoms with van der Waals surface area (Å²) in [4.78, 5) is 11.5. The third-order valence-corrected chi connectivity index (χ3v) is 3.79. The first-order valence-corrected chi connectivity index (χ1v) is 7.31. The molecule has 0 aromatic heterocycles. The summed E-state index contributed by atoms with van der Waals surface area (Å²) in [6, 6.07) is 0.490. The van der Waals surface area contributed by atoms with Gasteiger partial charge in [-0.3, -0.25) is 4.79 Å². The van der Waals surface area contributed by atoms with Crippen molar-refractivity contribution in [1.29, 1.82) is 0 Å². The van der Waals surface area contributed by atoms with E-state index >= 15 is 0 Å². The summed E-state index contributed by atoms with van der Waals surface area (Å²) in [5.41, 5.74) is 1.52.